The fraction of sp³-hybridized carbons (Fsp3) is 0.200. The van der Waals surface area contributed by atoms with Gasteiger partial charge in [0.15, 0.2) is 0 Å². The lowest BCUT2D eigenvalue weighted by Gasteiger charge is -2.21. The van der Waals surface area contributed by atoms with Crippen LogP contribution in [-0.4, -0.2) is 29.4 Å². The monoisotopic (exact) mass is 336 g/mol. The first-order valence-corrected chi connectivity index (χ1v) is 8.38. The molecule has 0 amide bonds. The third-order valence-electron chi connectivity index (χ3n) is 4.38. The van der Waals surface area contributed by atoms with Crippen molar-refractivity contribution in [1.82, 2.24) is 21.1 Å². The molecule has 0 fully saturated rings. The lowest BCUT2D eigenvalue weighted by atomic mass is 10.0. The fourth-order valence-electron chi connectivity index (χ4n) is 2.84. The highest BCUT2D eigenvalue weighted by atomic mass is 16.5. The van der Waals surface area contributed by atoms with Crippen LogP contribution in [0, 0.1) is 0 Å². The van der Waals surface area contributed by atoms with Gasteiger partial charge in [0.05, 0.1) is 6.04 Å². The van der Waals surface area contributed by atoms with Crippen molar-refractivity contribution in [2.45, 2.75) is 19.1 Å². The molecular formula is C20H24N4O. The van der Waals surface area contributed by atoms with Crippen LogP contribution in [0.1, 0.15) is 12.5 Å². The van der Waals surface area contributed by atoms with Crippen molar-refractivity contribution in [3.63, 3.8) is 0 Å². The SMILES string of the molecule is CNC(NO)C(C)NC=Cc1ccc(-c2ccc3[nH]ccc3c2)cc1. The van der Waals surface area contributed by atoms with E-state index in [9.17, 15) is 0 Å². The maximum atomic E-state index is 9.03. The zero-order valence-corrected chi connectivity index (χ0v) is 14.5. The zero-order valence-electron chi connectivity index (χ0n) is 14.5. The Morgan fingerprint density at radius 2 is 1.80 bits per heavy atom. The summed E-state index contributed by atoms with van der Waals surface area (Å²) in [6.07, 6.45) is 5.66. The molecule has 1 aromatic heterocycles. The number of nitrogens with one attached hydrogen (secondary N) is 4. The maximum Gasteiger partial charge on any atom is 0.101 e. The summed E-state index contributed by atoms with van der Waals surface area (Å²) in [4.78, 5) is 3.22. The average molecular weight is 336 g/mol. The normalized spacial score (nSPS) is 14.0. The minimum Gasteiger partial charge on any atom is -0.385 e. The molecule has 3 aromatic rings. The molecule has 130 valence electrons. The standard InChI is InChI=1S/C20H24N4O/c1-14(20(21-2)24-25)22-11-9-15-3-5-16(6-4-15)17-7-8-19-18(13-17)10-12-23-19/h3-14,20-25H,1-2H3. The Hall–Kier alpha value is -2.60. The molecule has 0 radical (unpaired) electrons. The predicted molar refractivity (Wildman–Crippen MR) is 103 cm³/mol. The van der Waals surface area contributed by atoms with Crippen LogP contribution >= 0.6 is 0 Å². The minimum atomic E-state index is -0.213. The van der Waals surface area contributed by atoms with Gasteiger partial charge in [0, 0.05) is 11.7 Å². The summed E-state index contributed by atoms with van der Waals surface area (Å²) in [6.45, 7) is 1.98. The van der Waals surface area contributed by atoms with Gasteiger partial charge in [-0.2, -0.15) is 5.48 Å². The van der Waals surface area contributed by atoms with E-state index in [4.69, 9.17) is 5.21 Å². The lowest BCUT2D eigenvalue weighted by Crippen LogP contribution is -2.51. The second kappa shape index (κ2) is 7.98. The summed E-state index contributed by atoms with van der Waals surface area (Å²) in [6, 6.07) is 17.0. The number of hydrogen-bond donors (Lipinski definition) is 5. The van der Waals surface area contributed by atoms with Crippen molar-refractivity contribution >= 4 is 17.0 Å². The fourth-order valence-corrected chi connectivity index (χ4v) is 2.84. The van der Waals surface area contributed by atoms with Crippen LogP contribution in [-0.2, 0) is 0 Å². The van der Waals surface area contributed by atoms with Crippen molar-refractivity contribution in [3.8, 4) is 11.1 Å². The molecule has 25 heavy (non-hydrogen) atoms. The summed E-state index contributed by atoms with van der Waals surface area (Å²) >= 11 is 0. The molecule has 5 heteroatoms. The number of aromatic amines is 1. The number of aromatic nitrogens is 1. The maximum absolute atomic E-state index is 9.03. The Labute approximate surface area is 147 Å². The summed E-state index contributed by atoms with van der Waals surface area (Å²) in [5.41, 5.74) is 6.90. The van der Waals surface area contributed by atoms with Crippen LogP contribution in [0.5, 0.6) is 0 Å². The smallest absolute Gasteiger partial charge is 0.101 e. The van der Waals surface area contributed by atoms with E-state index in [-0.39, 0.29) is 12.2 Å². The van der Waals surface area contributed by atoms with E-state index in [2.05, 4.69) is 69.6 Å². The van der Waals surface area contributed by atoms with Crippen LogP contribution in [0.25, 0.3) is 28.1 Å². The summed E-state index contributed by atoms with van der Waals surface area (Å²) in [5, 5.41) is 16.4. The van der Waals surface area contributed by atoms with Gasteiger partial charge in [0.2, 0.25) is 0 Å². The number of hydroxylamine groups is 1. The molecule has 0 aliphatic rings. The van der Waals surface area contributed by atoms with Gasteiger partial charge in [-0.25, -0.2) is 0 Å². The molecule has 0 spiro atoms. The molecule has 5 N–H and O–H groups in total. The van der Waals surface area contributed by atoms with E-state index in [1.54, 1.807) is 7.05 Å². The second-order valence-corrected chi connectivity index (χ2v) is 6.09. The number of likely N-dealkylation sites (N-methyl/N-ethyl adjacent to an activating group) is 1. The van der Waals surface area contributed by atoms with Crippen molar-refractivity contribution in [2.24, 2.45) is 0 Å². The van der Waals surface area contributed by atoms with E-state index < -0.39 is 0 Å². The first kappa shape index (κ1) is 17.2. The summed E-state index contributed by atoms with van der Waals surface area (Å²) in [5.74, 6) is 0. The molecular weight excluding hydrogens is 312 g/mol. The number of H-pyrrole nitrogens is 1. The molecule has 2 unspecified atom stereocenters. The average Bonchev–Trinajstić information content (AvgIpc) is 3.11. The Morgan fingerprint density at radius 3 is 2.52 bits per heavy atom. The van der Waals surface area contributed by atoms with Crippen molar-refractivity contribution in [2.75, 3.05) is 7.05 Å². The zero-order chi connectivity index (χ0) is 17.6. The van der Waals surface area contributed by atoms with Crippen molar-refractivity contribution in [3.05, 3.63) is 66.5 Å². The van der Waals surface area contributed by atoms with Gasteiger partial charge in [0.25, 0.3) is 0 Å². The predicted octanol–water partition coefficient (Wildman–Crippen LogP) is 3.31. The van der Waals surface area contributed by atoms with Crippen LogP contribution in [0.15, 0.2) is 60.9 Å². The molecule has 0 aliphatic carbocycles. The summed E-state index contributed by atoms with van der Waals surface area (Å²) in [7, 11) is 1.79. The van der Waals surface area contributed by atoms with Gasteiger partial charge < -0.3 is 20.8 Å². The van der Waals surface area contributed by atoms with Gasteiger partial charge in [0.1, 0.15) is 6.17 Å². The first-order chi connectivity index (χ1) is 12.2. The van der Waals surface area contributed by atoms with E-state index in [0.717, 1.165) is 11.1 Å². The van der Waals surface area contributed by atoms with Crippen LogP contribution in [0.4, 0.5) is 0 Å². The van der Waals surface area contributed by atoms with Crippen LogP contribution < -0.4 is 16.1 Å². The van der Waals surface area contributed by atoms with Gasteiger partial charge >= 0.3 is 0 Å². The number of hydrogen-bond acceptors (Lipinski definition) is 4. The van der Waals surface area contributed by atoms with Crippen LogP contribution in [0.3, 0.4) is 0 Å². The van der Waals surface area contributed by atoms with E-state index in [1.807, 2.05) is 25.4 Å². The highest BCUT2D eigenvalue weighted by Crippen LogP contribution is 2.24. The molecule has 0 aliphatic heterocycles. The van der Waals surface area contributed by atoms with Gasteiger partial charge in [-0.1, -0.05) is 30.3 Å². The summed E-state index contributed by atoms with van der Waals surface area (Å²) < 4.78 is 0. The second-order valence-electron chi connectivity index (χ2n) is 6.09. The van der Waals surface area contributed by atoms with Crippen LogP contribution in [0.2, 0.25) is 0 Å². The Kier molecular flexibility index (Phi) is 5.50. The Morgan fingerprint density at radius 1 is 1.04 bits per heavy atom. The molecule has 0 saturated heterocycles. The highest BCUT2D eigenvalue weighted by molar-refractivity contribution is 5.85. The molecule has 0 saturated carbocycles. The van der Waals surface area contributed by atoms with E-state index in [0.29, 0.717) is 0 Å². The first-order valence-electron chi connectivity index (χ1n) is 8.38. The molecule has 1 heterocycles. The van der Waals surface area contributed by atoms with Crippen molar-refractivity contribution < 1.29 is 5.21 Å². The van der Waals surface area contributed by atoms with Gasteiger partial charge in [-0.05, 0) is 66.5 Å². The van der Waals surface area contributed by atoms with E-state index >= 15 is 0 Å². The molecule has 2 atom stereocenters. The third-order valence-corrected chi connectivity index (χ3v) is 4.38. The topological polar surface area (TPSA) is 72.1 Å². The van der Waals surface area contributed by atoms with Gasteiger partial charge in [-0.3, -0.25) is 0 Å². The number of rotatable bonds is 7. The van der Waals surface area contributed by atoms with E-state index in [1.165, 1.54) is 16.5 Å². The van der Waals surface area contributed by atoms with Gasteiger partial charge in [-0.15, -0.1) is 0 Å². The number of benzene rings is 2. The number of fused-ring (bicyclic) bond motifs is 1. The highest BCUT2D eigenvalue weighted by Gasteiger charge is 2.11. The minimum absolute atomic E-state index is 0.0404. The third kappa shape index (κ3) is 4.09. The molecule has 0 bridgehead atoms. The molecule has 5 nitrogen and oxygen atoms in total. The Balaban J connectivity index is 1.66. The molecule has 3 rings (SSSR count). The Bertz CT molecular complexity index is 834. The van der Waals surface area contributed by atoms with Crippen molar-refractivity contribution in [1.29, 1.82) is 0 Å². The largest absolute Gasteiger partial charge is 0.385 e. The molecule has 2 aromatic carbocycles. The lowest BCUT2D eigenvalue weighted by molar-refractivity contribution is 0.0993. The quantitative estimate of drug-likeness (QED) is 0.339.